The first-order valence-electron chi connectivity index (χ1n) is 10.1. The van der Waals surface area contributed by atoms with E-state index in [2.05, 4.69) is 66.5 Å². The molecule has 29 heavy (non-hydrogen) atoms. The highest BCUT2D eigenvalue weighted by Crippen LogP contribution is 2.38. The Hall–Kier alpha value is -2.37. The fourth-order valence-corrected chi connectivity index (χ4v) is 4.32. The van der Waals surface area contributed by atoms with Crippen LogP contribution in [0.3, 0.4) is 0 Å². The fraction of sp³-hybridized carbons (Fsp3) is 0.375. The summed E-state index contributed by atoms with van der Waals surface area (Å²) < 4.78 is 11.4. The van der Waals surface area contributed by atoms with Crippen molar-refractivity contribution < 1.29 is 9.47 Å². The van der Waals surface area contributed by atoms with E-state index in [-0.39, 0.29) is 11.8 Å². The lowest BCUT2D eigenvalue weighted by Gasteiger charge is -2.47. The largest absolute Gasteiger partial charge is 0.497 e. The average molecular weight is 409 g/mol. The SMILES string of the molecule is COc1ccc([C@H]2NC(=S)C3=C(CC(C)(C)OC3)N2CCc2ccccc2)cc1. The lowest BCUT2D eigenvalue weighted by atomic mass is 9.92. The topological polar surface area (TPSA) is 33.7 Å². The van der Waals surface area contributed by atoms with E-state index in [9.17, 15) is 0 Å². The van der Waals surface area contributed by atoms with Gasteiger partial charge in [-0.2, -0.15) is 0 Å². The summed E-state index contributed by atoms with van der Waals surface area (Å²) in [4.78, 5) is 3.27. The predicted octanol–water partition coefficient (Wildman–Crippen LogP) is 4.62. The van der Waals surface area contributed by atoms with Gasteiger partial charge in [0.15, 0.2) is 0 Å². The molecule has 1 N–H and O–H groups in total. The van der Waals surface area contributed by atoms with Crippen LogP contribution in [0.2, 0.25) is 0 Å². The second-order valence-corrected chi connectivity index (χ2v) is 8.64. The molecule has 0 fully saturated rings. The fourth-order valence-electron chi connectivity index (χ4n) is 4.04. The highest BCUT2D eigenvalue weighted by molar-refractivity contribution is 7.80. The van der Waals surface area contributed by atoms with Crippen molar-refractivity contribution in [3.8, 4) is 5.75 Å². The second-order valence-electron chi connectivity index (χ2n) is 8.23. The van der Waals surface area contributed by atoms with Gasteiger partial charge in [-0.25, -0.2) is 0 Å². The monoisotopic (exact) mass is 408 g/mol. The zero-order chi connectivity index (χ0) is 20.4. The molecular weight excluding hydrogens is 380 g/mol. The van der Waals surface area contributed by atoms with Crippen LogP contribution in [0.1, 0.15) is 37.6 Å². The van der Waals surface area contributed by atoms with Gasteiger partial charge >= 0.3 is 0 Å². The molecule has 0 amide bonds. The number of nitrogens with one attached hydrogen (secondary N) is 1. The molecule has 0 saturated carbocycles. The Labute approximate surface area is 178 Å². The highest BCUT2D eigenvalue weighted by atomic mass is 32.1. The number of hydrogen-bond acceptors (Lipinski definition) is 4. The van der Waals surface area contributed by atoms with Gasteiger partial charge in [0.25, 0.3) is 0 Å². The molecule has 0 bridgehead atoms. The van der Waals surface area contributed by atoms with Crippen LogP contribution in [-0.4, -0.2) is 35.8 Å². The molecule has 0 saturated heterocycles. The normalized spacial score (nSPS) is 20.9. The number of nitrogens with zero attached hydrogens (tertiary/aromatic N) is 1. The van der Waals surface area contributed by atoms with Crippen LogP contribution in [0.15, 0.2) is 65.9 Å². The van der Waals surface area contributed by atoms with Crippen LogP contribution >= 0.6 is 12.2 Å². The Morgan fingerprint density at radius 2 is 1.86 bits per heavy atom. The molecule has 152 valence electrons. The van der Waals surface area contributed by atoms with E-state index < -0.39 is 0 Å². The lowest BCUT2D eigenvalue weighted by molar-refractivity contribution is -0.0246. The van der Waals surface area contributed by atoms with Crippen molar-refractivity contribution in [2.75, 3.05) is 20.3 Å². The maximum atomic E-state index is 6.06. The Morgan fingerprint density at radius 1 is 1.14 bits per heavy atom. The molecule has 2 aromatic rings. The van der Waals surface area contributed by atoms with Gasteiger partial charge in [0.2, 0.25) is 0 Å². The first-order valence-corrected chi connectivity index (χ1v) is 10.5. The van der Waals surface area contributed by atoms with Crippen molar-refractivity contribution in [3.05, 3.63) is 77.0 Å². The Bertz CT molecular complexity index is 906. The van der Waals surface area contributed by atoms with Crippen LogP contribution in [-0.2, 0) is 11.2 Å². The molecule has 4 rings (SSSR count). The summed E-state index contributed by atoms with van der Waals surface area (Å²) in [5.74, 6) is 0.857. The molecule has 4 nitrogen and oxygen atoms in total. The molecule has 1 atom stereocenters. The van der Waals surface area contributed by atoms with E-state index in [1.165, 1.54) is 16.8 Å². The third-order valence-corrected chi connectivity index (χ3v) is 6.03. The number of methoxy groups -OCH3 is 1. The third-order valence-electron chi connectivity index (χ3n) is 5.66. The molecule has 5 heteroatoms. The van der Waals surface area contributed by atoms with Crippen LogP contribution < -0.4 is 10.1 Å². The van der Waals surface area contributed by atoms with E-state index in [0.717, 1.165) is 35.7 Å². The Morgan fingerprint density at radius 3 is 2.55 bits per heavy atom. The van der Waals surface area contributed by atoms with E-state index >= 15 is 0 Å². The Kier molecular flexibility index (Phi) is 5.61. The molecule has 0 unspecified atom stereocenters. The molecule has 0 aromatic heterocycles. The van der Waals surface area contributed by atoms with Crippen molar-refractivity contribution in [2.45, 2.75) is 38.5 Å². The maximum absolute atomic E-state index is 6.06. The summed E-state index contributed by atoms with van der Waals surface area (Å²) in [7, 11) is 1.69. The number of benzene rings is 2. The minimum absolute atomic E-state index is 0.00442. The summed E-state index contributed by atoms with van der Waals surface area (Å²) in [5.41, 5.74) is 4.75. The number of ether oxygens (including phenoxy) is 2. The number of thiocarbonyl (C=S) groups is 1. The van der Waals surface area contributed by atoms with Gasteiger partial charge in [-0.15, -0.1) is 0 Å². The molecule has 2 aromatic carbocycles. The van der Waals surface area contributed by atoms with Crippen LogP contribution in [0.4, 0.5) is 0 Å². The van der Waals surface area contributed by atoms with Crippen molar-refractivity contribution in [2.24, 2.45) is 0 Å². The van der Waals surface area contributed by atoms with Crippen LogP contribution in [0, 0.1) is 0 Å². The smallest absolute Gasteiger partial charge is 0.126 e. The molecule has 0 radical (unpaired) electrons. The minimum atomic E-state index is -0.193. The summed E-state index contributed by atoms with van der Waals surface area (Å²) in [6.45, 7) is 5.77. The van der Waals surface area contributed by atoms with Crippen LogP contribution in [0.5, 0.6) is 5.75 Å². The summed E-state index contributed by atoms with van der Waals surface area (Å²) in [5, 5.41) is 3.56. The maximum Gasteiger partial charge on any atom is 0.126 e. The molecule has 0 aliphatic carbocycles. The van der Waals surface area contributed by atoms with E-state index in [1.54, 1.807) is 7.11 Å². The molecule has 2 heterocycles. The predicted molar refractivity (Wildman–Crippen MR) is 120 cm³/mol. The van der Waals surface area contributed by atoms with E-state index in [0.29, 0.717) is 6.61 Å². The van der Waals surface area contributed by atoms with E-state index in [1.807, 2.05) is 12.1 Å². The van der Waals surface area contributed by atoms with Gasteiger partial charge in [-0.3, -0.25) is 0 Å². The van der Waals surface area contributed by atoms with Gasteiger partial charge in [-0.1, -0.05) is 54.7 Å². The summed E-state index contributed by atoms with van der Waals surface area (Å²) in [6, 6.07) is 18.9. The third kappa shape index (κ3) is 4.31. The quantitative estimate of drug-likeness (QED) is 0.730. The van der Waals surface area contributed by atoms with Gasteiger partial charge in [0.05, 0.1) is 19.3 Å². The van der Waals surface area contributed by atoms with Crippen molar-refractivity contribution >= 4 is 17.2 Å². The average Bonchev–Trinajstić information content (AvgIpc) is 2.73. The van der Waals surface area contributed by atoms with Gasteiger partial charge in [0.1, 0.15) is 16.9 Å². The van der Waals surface area contributed by atoms with Crippen LogP contribution in [0.25, 0.3) is 0 Å². The van der Waals surface area contributed by atoms with Gasteiger partial charge in [-0.05, 0) is 43.5 Å². The molecule has 2 aliphatic rings. The first-order chi connectivity index (χ1) is 14.0. The lowest BCUT2D eigenvalue weighted by Crippen LogP contribution is -2.51. The van der Waals surface area contributed by atoms with E-state index in [4.69, 9.17) is 21.7 Å². The van der Waals surface area contributed by atoms with Crippen molar-refractivity contribution in [1.82, 2.24) is 10.2 Å². The molecular formula is C24H28N2O2S. The number of rotatable bonds is 5. The zero-order valence-electron chi connectivity index (χ0n) is 17.3. The minimum Gasteiger partial charge on any atom is -0.497 e. The first kappa shape index (κ1) is 19.9. The molecule has 2 aliphatic heterocycles. The second kappa shape index (κ2) is 8.17. The number of hydrogen-bond donors (Lipinski definition) is 1. The summed E-state index contributed by atoms with van der Waals surface area (Å²) in [6.07, 6.45) is 1.83. The van der Waals surface area contributed by atoms with Crippen molar-refractivity contribution in [3.63, 3.8) is 0 Å². The van der Waals surface area contributed by atoms with Crippen molar-refractivity contribution in [1.29, 1.82) is 0 Å². The Balaban J connectivity index is 1.68. The summed E-state index contributed by atoms with van der Waals surface area (Å²) >= 11 is 5.73. The standard InChI is InChI=1S/C24H28N2O2S/c1-24(2)15-21-20(16-28-24)23(29)25-22(18-9-11-19(27-3)12-10-18)26(21)14-13-17-7-5-4-6-8-17/h4-12,22H,13-16H2,1-3H3,(H,25,29)/t22-/m0/s1. The van der Waals surface area contributed by atoms with Gasteiger partial charge in [0, 0.05) is 24.2 Å². The highest BCUT2D eigenvalue weighted by Gasteiger charge is 2.38. The zero-order valence-corrected chi connectivity index (χ0v) is 18.1. The van der Waals surface area contributed by atoms with Gasteiger partial charge < -0.3 is 19.7 Å². The molecule has 0 spiro atoms.